The van der Waals surface area contributed by atoms with Crippen molar-refractivity contribution in [3.8, 4) is 5.75 Å². The van der Waals surface area contributed by atoms with E-state index in [1.165, 1.54) is 13.3 Å². The standard InChI is InChI=1S/C15H15BrN2O3/c1-9-5-11(16)6-13(17)14(9)21-8-12-4-3-10(7-18-12)15(19)20-2/h3-7H,8,17H2,1-2H3. The van der Waals surface area contributed by atoms with Gasteiger partial charge in [-0.1, -0.05) is 15.9 Å². The van der Waals surface area contributed by atoms with Crippen LogP contribution in [0.2, 0.25) is 0 Å². The number of methoxy groups -OCH3 is 1. The first-order chi connectivity index (χ1) is 10.0. The molecule has 2 N–H and O–H groups in total. The number of hydrogen-bond acceptors (Lipinski definition) is 5. The Labute approximate surface area is 131 Å². The van der Waals surface area contributed by atoms with Crippen LogP contribution in [-0.2, 0) is 11.3 Å². The van der Waals surface area contributed by atoms with E-state index in [-0.39, 0.29) is 6.61 Å². The average molecular weight is 351 g/mol. The van der Waals surface area contributed by atoms with Gasteiger partial charge < -0.3 is 15.2 Å². The SMILES string of the molecule is COC(=O)c1ccc(COc2c(C)cc(Br)cc2N)nc1. The quantitative estimate of drug-likeness (QED) is 0.677. The Morgan fingerprint density at radius 2 is 2.14 bits per heavy atom. The van der Waals surface area contributed by atoms with Gasteiger partial charge in [-0.3, -0.25) is 4.98 Å². The zero-order chi connectivity index (χ0) is 15.4. The number of rotatable bonds is 4. The van der Waals surface area contributed by atoms with E-state index in [1.807, 2.05) is 13.0 Å². The van der Waals surface area contributed by atoms with Gasteiger partial charge in [0.25, 0.3) is 0 Å². The summed E-state index contributed by atoms with van der Waals surface area (Å²) >= 11 is 3.38. The molecule has 0 amide bonds. The second kappa shape index (κ2) is 6.58. The van der Waals surface area contributed by atoms with Crippen LogP contribution < -0.4 is 10.5 Å². The number of esters is 1. The first-order valence-corrected chi connectivity index (χ1v) is 7.02. The van der Waals surface area contributed by atoms with Crippen LogP contribution in [0.5, 0.6) is 5.75 Å². The fourth-order valence-electron chi connectivity index (χ4n) is 1.85. The lowest BCUT2D eigenvalue weighted by atomic mass is 10.2. The summed E-state index contributed by atoms with van der Waals surface area (Å²) in [7, 11) is 1.33. The number of aromatic nitrogens is 1. The predicted octanol–water partition coefficient (Wildman–Crippen LogP) is 3.10. The van der Waals surface area contributed by atoms with E-state index in [0.29, 0.717) is 22.7 Å². The zero-order valence-corrected chi connectivity index (χ0v) is 13.3. The topological polar surface area (TPSA) is 74.4 Å². The monoisotopic (exact) mass is 350 g/mol. The Balaban J connectivity index is 2.08. The maximum Gasteiger partial charge on any atom is 0.339 e. The number of halogens is 1. The van der Waals surface area contributed by atoms with Crippen LogP contribution in [0.4, 0.5) is 5.69 Å². The van der Waals surface area contributed by atoms with Crippen molar-refractivity contribution in [2.45, 2.75) is 13.5 Å². The molecular weight excluding hydrogens is 336 g/mol. The van der Waals surface area contributed by atoms with Gasteiger partial charge in [0.2, 0.25) is 0 Å². The second-order valence-corrected chi connectivity index (χ2v) is 5.38. The molecule has 5 nitrogen and oxygen atoms in total. The van der Waals surface area contributed by atoms with Crippen molar-refractivity contribution in [3.05, 3.63) is 51.8 Å². The van der Waals surface area contributed by atoms with E-state index in [4.69, 9.17) is 10.5 Å². The summed E-state index contributed by atoms with van der Waals surface area (Å²) in [6, 6.07) is 7.08. The van der Waals surface area contributed by atoms with Crippen molar-refractivity contribution in [3.63, 3.8) is 0 Å². The number of carbonyl (C=O) groups excluding carboxylic acids is 1. The lowest BCUT2D eigenvalue weighted by molar-refractivity contribution is 0.0600. The van der Waals surface area contributed by atoms with Gasteiger partial charge in [-0.2, -0.15) is 0 Å². The van der Waals surface area contributed by atoms with Crippen LogP contribution in [0.1, 0.15) is 21.6 Å². The van der Waals surface area contributed by atoms with Gasteiger partial charge in [0, 0.05) is 10.7 Å². The number of nitrogens with zero attached hydrogens (tertiary/aromatic N) is 1. The fraction of sp³-hybridized carbons (Fsp3) is 0.200. The van der Waals surface area contributed by atoms with Crippen molar-refractivity contribution in [2.75, 3.05) is 12.8 Å². The van der Waals surface area contributed by atoms with Crippen LogP contribution >= 0.6 is 15.9 Å². The van der Waals surface area contributed by atoms with Gasteiger partial charge in [-0.25, -0.2) is 4.79 Å². The van der Waals surface area contributed by atoms with Crippen molar-refractivity contribution >= 4 is 27.6 Å². The third-order valence-electron chi connectivity index (χ3n) is 2.88. The number of nitrogens with two attached hydrogens (primary N) is 1. The molecule has 110 valence electrons. The number of nitrogen functional groups attached to an aromatic ring is 1. The number of benzene rings is 1. The third kappa shape index (κ3) is 3.72. The van der Waals surface area contributed by atoms with Crippen LogP contribution in [0, 0.1) is 6.92 Å². The molecule has 0 saturated heterocycles. The predicted molar refractivity (Wildman–Crippen MR) is 83.2 cm³/mol. The molecule has 0 radical (unpaired) electrons. The molecule has 0 aliphatic carbocycles. The number of hydrogen-bond donors (Lipinski definition) is 1. The molecule has 6 heteroatoms. The van der Waals surface area contributed by atoms with Crippen LogP contribution in [-0.4, -0.2) is 18.1 Å². The summed E-state index contributed by atoms with van der Waals surface area (Å²) in [5.74, 6) is 0.222. The van der Waals surface area contributed by atoms with Crippen molar-refractivity contribution < 1.29 is 14.3 Å². The molecule has 0 bridgehead atoms. The molecule has 2 aromatic rings. The molecular formula is C15H15BrN2O3. The molecule has 0 saturated carbocycles. The number of anilines is 1. The normalized spacial score (nSPS) is 10.2. The van der Waals surface area contributed by atoms with Gasteiger partial charge in [0.1, 0.15) is 12.4 Å². The van der Waals surface area contributed by atoms with Crippen molar-refractivity contribution in [2.24, 2.45) is 0 Å². The summed E-state index contributed by atoms with van der Waals surface area (Å²) in [6.45, 7) is 2.19. The molecule has 0 unspecified atom stereocenters. The summed E-state index contributed by atoms with van der Waals surface area (Å²) in [5.41, 5.74) is 8.53. The van der Waals surface area contributed by atoms with Crippen molar-refractivity contribution in [1.29, 1.82) is 0 Å². The maximum atomic E-state index is 11.3. The first-order valence-electron chi connectivity index (χ1n) is 6.23. The number of aryl methyl sites for hydroxylation is 1. The average Bonchev–Trinajstić information content (AvgIpc) is 2.46. The Kier molecular flexibility index (Phi) is 4.80. The first kappa shape index (κ1) is 15.3. The van der Waals surface area contributed by atoms with Gasteiger partial charge in [0.05, 0.1) is 24.1 Å². The Morgan fingerprint density at radius 1 is 1.38 bits per heavy atom. The van der Waals surface area contributed by atoms with Crippen LogP contribution in [0.25, 0.3) is 0 Å². The Morgan fingerprint density at radius 3 is 2.71 bits per heavy atom. The molecule has 2 rings (SSSR count). The lowest BCUT2D eigenvalue weighted by Crippen LogP contribution is -2.05. The molecule has 0 aliphatic heterocycles. The number of pyridine rings is 1. The smallest absolute Gasteiger partial charge is 0.339 e. The zero-order valence-electron chi connectivity index (χ0n) is 11.7. The second-order valence-electron chi connectivity index (χ2n) is 4.46. The molecule has 1 heterocycles. The Hall–Kier alpha value is -2.08. The highest BCUT2D eigenvalue weighted by Gasteiger charge is 2.09. The molecule has 1 aromatic carbocycles. The number of carbonyl (C=O) groups is 1. The van der Waals surface area contributed by atoms with Gasteiger partial charge in [-0.15, -0.1) is 0 Å². The van der Waals surface area contributed by atoms with Crippen LogP contribution in [0.3, 0.4) is 0 Å². The minimum absolute atomic E-state index is 0.272. The molecule has 0 spiro atoms. The van der Waals surface area contributed by atoms with Gasteiger partial charge >= 0.3 is 5.97 Å². The van der Waals surface area contributed by atoms with E-state index in [0.717, 1.165) is 10.0 Å². The van der Waals surface area contributed by atoms with Gasteiger partial charge in [0.15, 0.2) is 0 Å². The highest BCUT2D eigenvalue weighted by Crippen LogP contribution is 2.30. The molecule has 0 aliphatic rings. The maximum absolute atomic E-state index is 11.3. The highest BCUT2D eigenvalue weighted by atomic mass is 79.9. The van der Waals surface area contributed by atoms with E-state index >= 15 is 0 Å². The summed E-state index contributed by atoms with van der Waals surface area (Å²) in [5, 5.41) is 0. The highest BCUT2D eigenvalue weighted by molar-refractivity contribution is 9.10. The molecule has 0 atom stereocenters. The summed E-state index contributed by atoms with van der Waals surface area (Å²) in [4.78, 5) is 15.5. The third-order valence-corrected chi connectivity index (χ3v) is 3.34. The number of ether oxygens (including phenoxy) is 2. The largest absolute Gasteiger partial charge is 0.485 e. The molecule has 1 aromatic heterocycles. The minimum atomic E-state index is -0.414. The van der Waals surface area contributed by atoms with E-state index in [2.05, 4.69) is 25.7 Å². The van der Waals surface area contributed by atoms with Crippen molar-refractivity contribution in [1.82, 2.24) is 4.98 Å². The molecule has 21 heavy (non-hydrogen) atoms. The summed E-state index contributed by atoms with van der Waals surface area (Å²) in [6.07, 6.45) is 1.46. The Bertz CT molecular complexity index is 633. The lowest BCUT2D eigenvalue weighted by Gasteiger charge is -2.12. The minimum Gasteiger partial charge on any atom is -0.485 e. The van der Waals surface area contributed by atoms with Gasteiger partial charge in [-0.05, 0) is 36.8 Å². The van der Waals surface area contributed by atoms with Crippen LogP contribution in [0.15, 0.2) is 34.9 Å². The summed E-state index contributed by atoms with van der Waals surface area (Å²) < 4.78 is 11.2. The van der Waals surface area contributed by atoms with E-state index in [9.17, 15) is 4.79 Å². The van der Waals surface area contributed by atoms with E-state index in [1.54, 1.807) is 18.2 Å². The van der Waals surface area contributed by atoms with E-state index < -0.39 is 5.97 Å². The molecule has 0 fully saturated rings. The fourth-order valence-corrected chi connectivity index (χ4v) is 2.44.